The van der Waals surface area contributed by atoms with E-state index in [1.165, 1.54) is 16.9 Å². The smallest absolute Gasteiger partial charge is 0.230 e. The fourth-order valence-electron chi connectivity index (χ4n) is 1.67. The van der Waals surface area contributed by atoms with Gasteiger partial charge in [0.15, 0.2) is 4.34 Å². The van der Waals surface area contributed by atoms with Gasteiger partial charge >= 0.3 is 0 Å². The van der Waals surface area contributed by atoms with E-state index in [4.69, 9.17) is 0 Å². The van der Waals surface area contributed by atoms with Crippen molar-refractivity contribution in [3.63, 3.8) is 0 Å². The third-order valence-corrected chi connectivity index (χ3v) is 4.84. The molecule has 0 spiro atoms. The summed E-state index contributed by atoms with van der Waals surface area (Å²) in [5, 5.41) is 14.4. The molecule has 0 bridgehead atoms. The van der Waals surface area contributed by atoms with Crippen LogP contribution < -0.4 is 10.6 Å². The molecule has 2 aromatic rings. The van der Waals surface area contributed by atoms with Crippen LogP contribution in [0.3, 0.4) is 0 Å². The van der Waals surface area contributed by atoms with Crippen LogP contribution >= 0.6 is 23.1 Å². The van der Waals surface area contributed by atoms with Gasteiger partial charge in [-0.15, -0.1) is 10.2 Å². The van der Waals surface area contributed by atoms with Gasteiger partial charge in [-0.05, 0) is 12.6 Å². The number of nitrogens with zero attached hydrogens (tertiary/aromatic N) is 2. The van der Waals surface area contributed by atoms with Crippen LogP contribution in [-0.2, 0) is 10.5 Å². The Morgan fingerprint density at radius 2 is 2.10 bits per heavy atom. The van der Waals surface area contributed by atoms with E-state index < -0.39 is 0 Å². The number of benzene rings is 1. The second-order valence-electron chi connectivity index (χ2n) is 4.60. The first-order chi connectivity index (χ1) is 10.2. The maximum atomic E-state index is 11.9. The van der Waals surface area contributed by atoms with Gasteiger partial charge in [0.25, 0.3) is 0 Å². The summed E-state index contributed by atoms with van der Waals surface area (Å²) in [5.41, 5.74) is 1.24. The van der Waals surface area contributed by atoms with E-state index in [0.717, 1.165) is 10.1 Å². The maximum absolute atomic E-state index is 11.9. The molecule has 5 nitrogen and oxygen atoms in total. The number of aromatic nitrogens is 2. The highest BCUT2D eigenvalue weighted by atomic mass is 32.2. The van der Waals surface area contributed by atoms with Crippen LogP contribution in [0.15, 0.2) is 34.7 Å². The van der Waals surface area contributed by atoms with E-state index >= 15 is 0 Å². The van der Waals surface area contributed by atoms with Crippen molar-refractivity contribution in [2.45, 2.75) is 17.0 Å². The van der Waals surface area contributed by atoms with Crippen molar-refractivity contribution in [2.75, 3.05) is 18.9 Å². The van der Waals surface area contributed by atoms with Crippen LogP contribution in [0.1, 0.15) is 12.5 Å². The van der Waals surface area contributed by atoms with Crippen molar-refractivity contribution in [3.8, 4) is 0 Å². The molecule has 1 unspecified atom stereocenters. The number of carbonyl (C=O) groups excluding carboxylic acids is 1. The maximum Gasteiger partial charge on any atom is 0.230 e. The van der Waals surface area contributed by atoms with Gasteiger partial charge in [0.1, 0.15) is 0 Å². The minimum atomic E-state index is -0.0979. The third kappa shape index (κ3) is 5.11. The largest absolute Gasteiger partial charge is 0.319 e. The number of carbonyl (C=O) groups is 1. The lowest BCUT2D eigenvalue weighted by molar-refractivity contribution is -0.119. The van der Waals surface area contributed by atoms with E-state index in [-0.39, 0.29) is 11.8 Å². The highest BCUT2D eigenvalue weighted by Gasteiger charge is 2.14. The number of thioether (sulfide) groups is 1. The van der Waals surface area contributed by atoms with Crippen molar-refractivity contribution in [1.29, 1.82) is 0 Å². The Morgan fingerprint density at radius 1 is 1.33 bits per heavy atom. The minimum absolute atomic E-state index is 0.0416. The SMILES string of the molecule is CNCC(C)C(=O)Nc1nnc(SCc2ccccc2)s1. The molecule has 2 N–H and O–H groups in total. The van der Waals surface area contributed by atoms with Crippen molar-refractivity contribution in [3.05, 3.63) is 35.9 Å². The molecule has 7 heteroatoms. The van der Waals surface area contributed by atoms with Gasteiger partial charge in [0.2, 0.25) is 11.0 Å². The monoisotopic (exact) mass is 322 g/mol. The van der Waals surface area contributed by atoms with Crippen LogP contribution in [0.25, 0.3) is 0 Å². The van der Waals surface area contributed by atoms with Crippen LogP contribution in [0.4, 0.5) is 5.13 Å². The molecule has 21 heavy (non-hydrogen) atoms. The Hall–Kier alpha value is -1.44. The Balaban J connectivity index is 1.85. The normalized spacial score (nSPS) is 12.1. The zero-order chi connectivity index (χ0) is 15.1. The lowest BCUT2D eigenvalue weighted by Crippen LogP contribution is -2.28. The molecule has 0 aliphatic carbocycles. The van der Waals surface area contributed by atoms with Crippen molar-refractivity contribution in [1.82, 2.24) is 15.5 Å². The molecule has 0 radical (unpaired) electrons. The fourth-order valence-corrected chi connectivity index (χ4v) is 3.38. The number of amides is 1. The second kappa shape index (κ2) is 8.11. The van der Waals surface area contributed by atoms with E-state index in [9.17, 15) is 4.79 Å². The molecule has 0 aliphatic heterocycles. The zero-order valence-corrected chi connectivity index (χ0v) is 13.6. The summed E-state index contributed by atoms with van der Waals surface area (Å²) >= 11 is 3.03. The molecule has 0 fully saturated rings. The predicted molar refractivity (Wildman–Crippen MR) is 87.6 cm³/mol. The Bertz CT molecular complexity index is 573. The quantitative estimate of drug-likeness (QED) is 0.606. The summed E-state index contributed by atoms with van der Waals surface area (Å²) < 4.78 is 0.857. The van der Waals surface area contributed by atoms with E-state index in [0.29, 0.717) is 11.7 Å². The summed E-state index contributed by atoms with van der Waals surface area (Å²) in [5.74, 6) is 0.707. The standard InChI is InChI=1S/C14H18N4OS2/c1-10(8-15-2)12(19)16-13-17-18-14(21-13)20-9-11-6-4-3-5-7-11/h3-7,10,15H,8-9H2,1-2H3,(H,16,17,19). The van der Waals surface area contributed by atoms with Gasteiger partial charge in [-0.25, -0.2) is 0 Å². The lowest BCUT2D eigenvalue weighted by Gasteiger charge is -2.08. The Kier molecular flexibility index (Phi) is 6.16. The third-order valence-electron chi connectivity index (χ3n) is 2.80. The summed E-state index contributed by atoms with van der Waals surface area (Å²) in [7, 11) is 1.83. The molecule has 1 aromatic heterocycles. The topological polar surface area (TPSA) is 66.9 Å². The molecule has 1 aromatic carbocycles. The first-order valence-corrected chi connectivity index (χ1v) is 8.45. The lowest BCUT2D eigenvalue weighted by atomic mass is 10.2. The molecule has 112 valence electrons. The highest BCUT2D eigenvalue weighted by Crippen LogP contribution is 2.28. The minimum Gasteiger partial charge on any atom is -0.319 e. The van der Waals surface area contributed by atoms with Gasteiger partial charge in [-0.1, -0.05) is 60.4 Å². The number of anilines is 1. The van der Waals surface area contributed by atoms with Crippen molar-refractivity contribution < 1.29 is 4.79 Å². The second-order valence-corrected chi connectivity index (χ2v) is 6.80. The van der Waals surface area contributed by atoms with Gasteiger partial charge < -0.3 is 10.6 Å². The molecule has 0 saturated heterocycles. The molecule has 0 saturated carbocycles. The Labute approximate surface area is 132 Å². The first-order valence-electron chi connectivity index (χ1n) is 6.64. The molecule has 2 rings (SSSR count). The fraction of sp³-hybridized carbons (Fsp3) is 0.357. The molecule has 1 heterocycles. The van der Waals surface area contributed by atoms with E-state index in [2.05, 4.69) is 33.0 Å². The predicted octanol–water partition coefficient (Wildman–Crippen LogP) is 2.62. The van der Waals surface area contributed by atoms with Crippen molar-refractivity contribution >= 4 is 34.1 Å². The number of rotatable bonds is 7. The summed E-state index contributed by atoms with van der Waals surface area (Å²) in [6, 6.07) is 10.2. The summed E-state index contributed by atoms with van der Waals surface area (Å²) in [6.07, 6.45) is 0. The van der Waals surface area contributed by atoms with E-state index in [1.54, 1.807) is 11.8 Å². The summed E-state index contributed by atoms with van der Waals surface area (Å²) in [4.78, 5) is 11.9. The molecule has 1 atom stereocenters. The average Bonchev–Trinajstić information content (AvgIpc) is 2.94. The van der Waals surface area contributed by atoms with Crippen LogP contribution in [-0.4, -0.2) is 29.7 Å². The first kappa shape index (κ1) is 15.9. The number of nitrogens with one attached hydrogen (secondary N) is 2. The highest BCUT2D eigenvalue weighted by molar-refractivity contribution is 8.00. The van der Waals surface area contributed by atoms with Crippen LogP contribution in [0, 0.1) is 5.92 Å². The van der Waals surface area contributed by atoms with Crippen LogP contribution in [0.2, 0.25) is 0 Å². The van der Waals surface area contributed by atoms with Crippen molar-refractivity contribution in [2.24, 2.45) is 5.92 Å². The number of hydrogen-bond acceptors (Lipinski definition) is 6. The van der Waals surface area contributed by atoms with Gasteiger partial charge in [0, 0.05) is 18.2 Å². The Morgan fingerprint density at radius 3 is 2.81 bits per heavy atom. The molecule has 1 amide bonds. The number of hydrogen-bond donors (Lipinski definition) is 2. The average molecular weight is 322 g/mol. The zero-order valence-electron chi connectivity index (χ0n) is 12.0. The molecule has 0 aliphatic rings. The summed E-state index contributed by atoms with van der Waals surface area (Å²) in [6.45, 7) is 2.51. The molecular formula is C14H18N4OS2. The van der Waals surface area contributed by atoms with Gasteiger partial charge in [0.05, 0.1) is 0 Å². The molecular weight excluding hydrogens is 304 g/mol. The van der Waals surface area contributed by atoms with E-state index in [1.807, 2.05) is 32.2 Å². The van der Waals surface area contributed by atoms with Gasteiger partial charge in [-0.3, -0.25) is 4.79 Å². The van der Waals surface area contributed by atoms with Crippen LogP contribution in [0.5, 0.6) is 0 Å². The van der Waals surface area contributed by atoms with Gasteiger partial charge in [-0.2, -0.15) is 0 Å².